The fourth-order valence-corrected chi connectivity index (χ4v) is 0.558. The molecule has 0 radical (unpaired) electrons. The molecule has 0 aliphatic carbocycles. The van der Waals surface area contributed by atoms with Crippen LogP contribution in [0.2, 0.25) is 0 Å². The smallest absolute Gasteiger partial charge is 0.0518 e. The summed E-state index contributed by atoms with van der Waals surface area (Å²) in [6, 6.07) is 0. The minimum Gasteiger partial charge on any atom is -0.379 e. The third kappa shape index (κ3) is 7.92. The van der Waals surface area contributed by atoms with E-state index in [1.807, 2.05) is 27.7 Å². The van der Waals surface area contributed by atoms with E-state index in [2.05, 4.69) is 0 Å². The molecule has 0 fully saturated rings. The molecule has 0 aromatic carbocycles. The van der Waals surface area contributed by atoms with Gasteiger partial charge in [0.2, 0.25) is 0 Å². The number of nitrogens with two attached hydrogens (primary N) is 1. The Hall–Kier alpha value is -0.0800. The highest BCUT2D eigenvalue weighted by molar-refractivity contribution is 4.70. The standard InChI is InChI=1S/C8H19NO/c1-7(2)10-6-5-8(3,4)9/h7H,5-6,9H2,1-4H3. The molecule has 0 bridgehead atoms. The van der Waals surface area contributed by atoms with Crippen LogP contribution in [0.5, 0.6) is 0 Å². The second-order valence-electron chi connectivity index (χ2n) is 3.66. The zero-order valence-corrected chi connectivity index (χ0v) is 7.48. The number of hydrogen-bond acceptors (Lipinski definition) is 2. The SMILES string of the molecule is CC(C)OCCC(C)(C)N. The van der Waals surface area contributed by atoms with Gasteiger partial charge in [0.1, 0.15) is 0 Å². The van der Waals surface area contributed by atoms with Crippen LogP contribution in [0.3, 0.4) is 0 Å². The molecule has 0 amide bonds. The van der Waals surface area contributed by atoms with Crippen LogP contribution in [0.25, 0.3) is 0 Å². The van der Waals surface area contributed by atoms with Gasteiger partial charge in [-0.2, -0.15) is 0 Å². The van der Waals surface area contributed by atoms with Crippen molar-refractivity contribution in [3.05, 3.63) is 0 Å². The molecular formula is C8H19NO. The van der Waals surface area contributed by atoms with Gasteiger partial charge in [-0.3, -0.25) is 0 Å². The normalized spacial score (nSPS) is 12.6. The van der Waals surface area contributed by atoms with Gasteiger partial charge >= 0.3 is 0 Å². The van der Waals surface area contributed by atoms with Crippen molar-refractivity contribution in [3.63, 3.8) is 0 Å². The van der Waals surface area contributed by atoms with Gasteiger partial charge in [0, 0.05) is 12.1 Å². The van der Waals surface area contributed by atoms with Gasteiger partial charge < -0.3 is 10.5 Å². The van der Waals surface area contributed by atoms with E-state index in [-0.39, 0.29) is 5.54 Å². The van der Waals surface area contributed by atoms with Crippen molar-refractivity contribution in [2.45, 2.75) is 45.8 Å². The van der Waals surface area contributed by atoms with Crippen LogP contribution in [-0.4, -0.2) is 18.2 Å². The molecule has 0 spiro atoms. The van der Waals surface area contributed by atoms with E-state index in [4.69, 9.17) is 10.5 Å². The van der Waals surface area contributed by atoms with Gasteiger partial charge in [-0.15, -0.1) is 0 Å². The lowest BCUT2D eigenvalue weighted by Crippen LogP contribution is -2.33. The topological polar surface area (TPSA) is 35.2 Å². The largest absolute Gasteiger partial charge is 0.379 e. The average Bonchev–Trinajstić information content (AvgIpc) is 1.59. The predicted molar refractivity (Wildman–Crippen MR) is 44.0 cm³/mol. The summed E-state index contributed by atoms with van der Waals surface area (Å²) >= 11 is 0. The Labute approximate surface area is 63.7 Å². The summed E-state index contributed by atoms with van der Waals surface area (Å²) in [5, 5.41) is 0. The lowest BCUT2D eigenvalue weighted by molar-refractivity contribution is 0.0680. The lowest BCUT2D eigenvalue weighted by atomic mass is 10.0. The molecule has 0 aliphatic heterocycles. The van der Waals surface area contributed by atoms with E-state index in [0.717, 1.165) is 13.0 Å². The fourth-order valence-electron chi connectivity index (χ4n) is 0.558. The van der Waals surface area contributed by atoms with Crippen molar-refractivity contribution < 1.29 is 4.74 Å². The third-order valence-corrected chi connectivity index (χ3v) is 1.20. The molecule has 2 heteroatoms. The van der Waals surface area contributed by atoms with Crippen LogP contribution in [0.15, 0.2) is 0 Å². The minimum atomic E-state index is -0.0884. The van der Waals surface area contributed by atoms with Crippen LogP contribution in [0, 0.1) is 0 Å². The maximum absolute atomic E-state index is 5.74. The molecule has 0 unspecified atom stereocenters. The van der Waals surface area contributed by atoms with Crippen LogP contribution in [-0.2, 0) is 4.74 Å². The van der Waals surface area contributed by atoms with E-state index >= 15 is 0 Å². The summed E-state index contributed by atoms with van der Waals surface area (Å²) in [4.78, 5) is 0. The number of hydrogen-bond donors (Lipinski definition) is 1. The number of ether oxygens (including phenoxy) is 1. The van der Waals surface area contributed by atoms with E-state index < -0.39 is 0 Å². The molecule has 0 saturated heterocycles. The zero-order valence-electron chi connectivity index (χ0n) is 7.48. The van der Waals surface area contributed by atoms with E-state index in [0.29, 0.717) is 6.10 Å². The second kappa shape index (κ2) is 3.94. The van der Waals surface area contributed by atoms with Crippen LogP contribution in [0.4, 0.5) is 0 Å². The quantitative estimate of drug-likeness (QED) is 0.651. The summed E-state index contributed by atoms with van der Waals surface area (Å²) < 4.78 is 5.34. The summed E-state index contributed by atoms with van der Waals surface area (Å²) in [6.07, 6.45) is 1.24. The first-order valence-electron chi connectivity index (χ1n) is 3.82. The summed E-state index contributed by atoms with van der Waals surface area (Å²) in [5.41, 5.74) is 5.65. The molecule has 0 aromatic heterocycles. The molecule has 0 aliphatic rings. The van der Waals surface area contributed by atoms with Gasteiger partial charge in [-0.1, -0.05) is 0 Å². The van der Waals surface area contributed by atoms with Crippen molar-refractivity contribution in [1.82, 2.24) is 0 Å². The monoisotopic (exact) mass is 145 g/mol. The zero-order chi connectivity index (χ0) is 8.20. The molecule has 0 saturated carbocycles. The molecule has 2 N–H and O–H groups in total. The summed E-state index contributed by atoms with van der Waals surface area (Å²) in [6.45, 7) is 8.85. The van der Waals surface area contributed by atoms with Gasteiger partial charge in [0.05, 0.1) is 6.10 Å². The van der Waals surface area contributed by atoms with Crippen molar-refractivity contribution in [2.75, 3.05) is 6.61 Å². The first-order valence-corrected chi connectivity index (χ1v) is 3.82. The van der Waals surface area contributed by atoms with Crippen LogP contribution in [0.1, 0.15) is 34.1 Å². The highest BCUT2D eigenvalue weighted by atomic mass is 16.5. The van der Waals surface area contributed by atoms with Crippen LogP contribution < -0.4 is 5.73 Å². The van der Waals surface area contributed by atoms with Gasteiger partial charge in [-0.05, 0) is 34.1 Å². The van der Waals surface area contributed by atoms with Crippen molar-refractivity contribution in [1.29, 1.82) is 0 Å². The van der Waals surface area contributed by atoms with Crippen molar-refractivity contribution in [3.8, 4) is 0 Å². The van der Waals surface area contributed by atoms with Gasteiger partial charge in [0.15, 0.2) is 0 Å². The Bertz CT molecular complexity index is 83.7. The first kappa shape index (κ1) is 9.92. The van der Waals surface area contributed by atoms with Crippen molar-refractivity contribution in [2.24, 2.45) is 5.73 Å². The van der Waals surface area contributed by atoms with Gasteiger partial charge in [0.25, 0.3) is 0 Å². The van der Waals surface area contributed by atoms with E-state index in [1.54, 1.807) is 0 Å². The second-order valence-corrected chi connectivity index (χ2v) is 3.66. The highest BCUT2D eigenvalue weighted by Gasteiger charge is 2.09. The van der Waals surface area contributed by atoms with Gasteiger partial charge in [-0.25, -0.2) is 0 Å². The summed E-state index contributed by atoms with van der Waals surface area (Å²) in [7, 11) is 0. The highest BCUT2D eigenvalue weighted by Crippen LogP contribution is 2.03. The molecule has 62 valence electrons. The lowest BCUT2D eigenvalue weighted by Gasteiger charge is -2.18. The van der Waals surface area contributed by atoms with E-state index in [1.165, 1.54) is 0 Å². The van der Waals surface area contributed by atoms with Crippen molar-refractivity contribution >= 4 is 0 Å². The maximum Gasteiger partial charge on any atom is 0.0518 e. The molecule has 0 atom stereocenters. The average molecular weight is 145 g/mol. The van der Waals surface area contributed by atoms with Crippen LogP contribution >= 0.6 is 0 Å². The summed E-state index contributed by atoms with van der Waals surface area (Å²) in [5.74, 6) is 0. The Kier molecular flexibility index (Phi) is 3.91. The Morgan fingerprint density at radius 2 is 1.90 bits per heavy atom. The third-order valence-electron chi connectivity index (χ3n) is 1.20. The van der Waals surface area contributed by atoms with E-state index in [9.17, 15) is 0 Å². The Balaban J connectivity index is 3.21. The minimum absolute atomic E-state index is 0.0884. The molecule has 2 nitrogen and oxygen atoms in total. The number of rotatable bonds is 4. The molecule has 10 heavy (non-hydrogen) atoms. The first-order chi connectivity index (χ1) is 4.42. The Morgan fingerprint density at radius 1 is 1.40 bits per heavy atom. The molecule has 0 heterocycles. The molecular weight excluding hydrogens is 126 g/mol. The molecule has 0 rings (SSSR count). The predicted octanol–water partition coefficient (Wildman–Crippen LogP) is 1.54. The maximum atomic E-state index is 5.74. The molecule has 0 aromatic rings. The Morgan fingerprint density at radius 3 is 2.20 bits per heavy atom. The fraction of sp³-hybridized carbons (Fsp3) is 1.00.